The van der Waals surface area contributed by atoms with Crippen molar-refractivity contribution >= 4 is 22.1 Å². The molecular weight excluding hydrogens is 240 g/mol. The van der Waals surface area contributed by atoms with Crippen LogP contribution in [0.1, 0.15) is 28.9 Å². The lowest BCUT2D eigenvalue weighted by molar-refractivity contribution is 0.533. The number of nitrogens with one attached hydrogen (secondary N) is 1. The summed E-state index contributed by atoms with van der Waals surface area (Å²) in [6, 6.07) is 0.397. The third-order valence-electron chi connectivity index (χ3n) is 2.51. The van der Waals surface area contributed by atoms with Gasteiger partial charge in [-0.1, -0.05) is 0 Å². The second-order valence-electron chi connectivity index (χ2n) is 4.10. The van der Waals surface area contributed by atoms with E-state index in [1.165, 1.54) is 4.88 Å². The number of aromatic nitrogens is 1. The summed E-state index contributed by atoms with van der Waals surface area (Å²) in [5, 5.41) is 4.55. The number of rotatable bonds is 6. The molecule has 0 saturated heterocycles. The molecule has 0 radical (unpaired) electrons. The van der Waals surface area contributed by atoms with Crippen LogP contribution in [0.2, 0.25) is 0 Å². The van der Waals surface area contributed by atoms with Crippen LogP contribution in [-0.2, 0) is 17.3 Å². The maximum atomic E-state index is 10.9. The average Bonchev–Trinajstić information content (AvgIpc) is 2.52. The Morgan fingerprint density at radius 3 is 2.69 bits per heavy atom. The Kier molecular flexibility index (Phi) is 5.58. The monoisotopic (exact) mass is 260 g/mol. The van der Waals surface area contributed by atoms with Gasteiger partial charge in [-0.05, 0) is 27.2 Å². The van der Waals surface area contributed by atoms with Crippen molar-refractivity contribution in [3.05, 3.63) is 15.6 Å². The molecule has 2 atom stereocenters. The molecular formula is C11H20N2OS2. The molecule has 0 aliphatic carbocycles. The molecule has 1 aromatic heterocycles. The number of aryl methyl sites for hydroxylation is 2. The fourth-order valence-corrected chi connectivity index (χ4v) is 2.89. The highest BCUT2D eigenvalue weighted by Gasteiger charge is 2.06. The number of thiazole rings is 1. The van der Waals surface area contributed by atoms with E-state index in [0.29, 0.717) is 6.04 Å². The van der Waals surface area contributed by atoms with Gasteiger partial charge in [-0.2, -0.15) is 0 Å². The molecule has 0 amide bonds. The zero-order valence-electron chi connectivity index (χ0n) is 10.4. The van der Waals surface area contributed by atoms with Gasteiger partial charge in [-0.15, -0.1) is 11.3 Å². The van der Waals surface area contributed by atoms with Crippen LogP contribution in [0.3, 0.4) is 0 Å². The van der Waals surface area contributed by atoms with Gasteiger partial charge in [0.15, 0.2) is 0 Å². The highest BCUT2D eigenvalue weighted by Crippen LogP contribution is 2.16. The van der Waals surface area contributed by atoms with Crippen LogP contribution in [0.25, 0.3) is 0 Å². The molecule has 0 aliphatic rings. The Hall–Kier alpha value is -0.260. The number of nitrogens with zero attached hydrogens (tertiary/aromatic N) is 1. The van der Waals surface area contributed by atoms with Crippen molar-refractivity contribution in [2.75, 3.05) is 12.0 Å². The minimum Gasteiger partial charge on any atom is -0.308 e. The first-order chi connectivity index (χ1) is 7.49. The van der Waals surface area contributed by atoms with Crippen LogP contribution < -0.4 is 5.32 Å². The van der Waals surface area contributed by atoms with Crippen LogP contribution in [0.5, 0.6) is 0 Å². The first kappa shape index (κ1) is 13.8. The minimum atomic E-state index is -0.687. The zero-order chi connectivity index (χ0) is 12.1. The van der Waals surface area contributed by atoms with E-state index in [2.05, 4.69) is 24.1 Å². The molecule has 0 saturated carbocycles. The third-order valence-corrected chi connectivity index (χ3v) is 4.40. The predicted molar refractivity (Wildman–Crippen MR) is 71.4 cm³/mol. The van der Waals surface area contributed by atoms with E-state index in [1.54, 1.807) is 17.6 Å². The van der Waals surface area contributed by atoms with Crippen molar-refractivity contribution in [1.82, 2.24) is 10.3 Å². The maximum Gasteiger partial charge on any atom is 0.107 e. The Morgan fingerprint density at radius 1 is 1.50 bits per heavy atom. The molecule has 1 N–H and O–H groups in total. The maximum absolute atomic E-state index is 10.9. The minimum absolute atomic E-state index is 0.397. The fraction of sp³-hybridized carbons (Fsp3) is 0.727. The Labute approximate surface area is 104 Å². The summed E-state index contributed by atoms with van der Waals surface area (Å²) in [4.78, 5) is 5.76. The van der Waals surface area contributed by atoms with E-state index in [4.69, 9.17) is 0 Å². The lowest BCUT2D eigenvalue weighted by Gasteiger charge is -2.11. The Bertz CT molecular complexity index is 343. The van der Waals surface area contributed by atoms with Crippen molar-refractivity contribution in [2.24, 2.45) is 0 Å². The lowest BCUT2D eigenvalue weighted by atomic mass is 10.2. The fourth-order valence-electron chi connectivity index (χ4n) is 1.32. The van der Waals surface area contributed by atoms with E-state index in [9.17, 15) is 4.21 Å². The van der Waals surface area contributed by atoms with Gasteiger partial charge in [0.1, 0.15) is 5.01 Å². The van der Waals surface area contributed by atoms with E-state index >= 15 is 0 Å². The number of hydrogen-bond acceptors (Lipinski definition) is 4. The summed E-state index contributed by atoms with van der Waals surface area (Å²) < 4.78 is 10.9. The van der Waals surface area contributed by atoms with Crippen LogP contribution >= 0.6 is 11.3 Å². The van der Waals surface area contributed by atoms with E-state index in [0.717, 1.165) is 29.4 Å². The summed E-state index contributed by atoms with van der Waals surface area (Å²) >= 11 is 1.75. The average molecular weight is 260 g/mol. The number of hydrogen-bond donors (Lipinski definition) is 1. The van der Waals surface area contributed by atoms with Crippen molar-refractivity contribution < 1.29 is 4.21 Å². The van der Waals surface area contributed by atoms with Gasteiger partial charge in [0, 0.05) is 40.3 Å². The van der Waals surface area contributed by atoms with Crippen LogP contribution in [0.4, 0.5) is 0 Å². The molecule has 0 aromatic carbocycles. The Morgan fingerprint density at radius 2 is 2.19 bits per heavy atom. The second-order valence-corrected chi connectivity index (χ2v) is 6.94. The van der Waals surface area contributed by atoms with Crippen LogP contribution in [0, 0.1) is 13.8 Å². The van der Waals surface area contributed by atoms with E-state index in [1.807, 2.05) is 6.92 Å². The third kappa shape index (κ3) is 4.72. The van der Waals surface area contributed by atoms with Gasteiger partial charge in [-0.25, -0.2) is 4.98 Å². The first-order valence-corrected chi connectivity index (χ1v) is 7.99. The van der Waals surface area contributed by atoms with Gasteiger partial charge in [0.2, 0.25) is 0 Å². The summed E-state index contributed by atoms with van der Waals surface area (Å²) in [5.74, 6) is 0.768. The van der Waals surface area contributed by atoms with Gasteiger partial charge >= 0.3 is 0 Å². The van der Waals surface area contributed by atoms with Crippen LogP contribution in [-0.4, -0.2) is 27.2 Å². The molecule has 16 heavy (non-hydrogen) atoms. The van der Waals surface area contributed by atoms with Crippen LogP contribution in [0.15, 0.2) is 0 Å². The van der Waals surface area contributed by atoms with E-state index < -0.39 is 10.8 Å². The molecule has 92 valence electrons. The van der Waals surface area contributed by atoms with Crippen molar-refractivity contribution in [3.63, 3.8) is 0 Å². The molecule has 0 fully saturated rings. The standard InChI is InChI=1S/C11H20N2OS2/c1-8(5-6-16(4)14)12-7-11-13-9(2)10(3)15-11/h8,12H,5-7H2,1-4H3. The summed E-state index contributed by atoms with van der Waals surface area (Å²) in [5.41, 5.74) is 1.13. The Balaban J connectivity index is 2.31. The first-order valence-electron chi connectivity index (χ1n) is 5.45. The lowest BCUT2D eigenvalue weighted by Crippen LogP contribution is -2.26. The largest absolute Gasteiger partial charge is 0.308 e. The zero-order valence-corrected chi connectivity index (χ0v) is 12.0. The normalized spacial score (nSPS) is 15.0. The summed E-state index contributed by atoms with van der Waals surface area (Å²) in [6.07, 6.45) is 2.70. The van der Waals surface area contributed by atoms with Gasteiger partial charge in [-0.3, -0.25) is 4.21 Å². The molecule has 0 bridgehead atoms. The highest BCUT2D eigenvalue weighted by atomic mass is 32.2. The molecule has 3 nitrogen and oxygen atoms in total. The summed E-state index contributed by atoms with van der Waals surface area (Å²) in [7, 11) is -0.687. The molecule has 2 unspecified atom stereocenters. The van der Waals surface area contributed by atoms with Crippen molar-refractivity contribution in [1.29, 1.82) is 0 Å². The summed E-state index contributed by atoms with van der Waals surface area (Å²) in [6.45, 7) is 7.08. The highest BCUT2D eigenvalue weighted by molar-refractivity contribution is 7.84. The topological polar surface area (TPSA) is 42.0 Å². The SMILES string of the molecule is Cc1nc(CNC(C)CCS(C)=O)sc1C. The molecule has 5 heteroatoms. The quantitative estimate of drug-likeness (QED) is 0.851. The van der Waals surface area contributed by atoms with Gasteiger partial charge in [0.25, 0.3) is 0 Å². The van der Waals surface area contributed by atoms with Crippen molar-refractivity contribution in [2.45, 2.75) is 39.8 Å². The predicted octanol–water partition coefficient (Wildman–Crippen LogP) is 2.01. The van der Waals surface area contributed by atoms with Gasteiger partial charge in [0.05, 0.1) is 5.69 Å². The van der Waals surface area contributed by atoms with E-state index in [-0.39, 0.29) is 0 Å². The second kappa shape index (κ2) is 6.47. The molecule has 1 aromatic rings. The molecule has 1 heterocycles. The molecule has 1 rings (SSSR count). The van der Waals surface area contributed by atoms with Gasteiger partial charge < -0.3 is 5.32 Å². The molecule has 0 spiro atoms. The molecule has 0 aliphatic heterocycles. The smallest absolute Gasteiger partial charge is 0.107 e. The van der Waals surface area contributed by atoms with Crippen molar-refractivity contribution in [3.8, 4) is 0 Å².